The number of halogens is 2. The van der Waals surface area contributed by atoms with Gasteiger partial charge in [-0.15, -0.1) is 24.2 Å². The summed E-state index contributed by atoms with van der Waals surface area (Å²) < 4.78 is 0. The number of thioether (sulfide) groups is 1. The maximum absolute atomic E-state index is 11.6. The molecule has 0 fully saturated rings. The molecule has 0 atom stereocenters. The summed E-state index contributed by atoms with van der Waals surface area (Å²) in [6.07, 6.45) is 3.60. The van der Waals surface area contributed by atoms with Crippen molar-refractivity contribution in [2.75, 3.05) is 32.9 Å². The average Bonchev–Trinajstić information content (AvgIpc) is 2.70. The molecule has 0 aliphatic carbocycles. The van der Waals surface area contributed by atoms with Gasteiger partial charge in [0.25, 0.3) is 0 Å². The van der Waals surface area contributed by atoms with Crippen LogP contribution in [0.2, 0.25) is 5.02 Å². The second-order valence-corrected chi connectivity index (χ2v) is 7.02. The average molecular weight is 363 g/mol. The van der Waals surface area contributed by atoms with Crippen molar-refractivity contribution in [3.05, 3.63) is 28.3 Å². The highest BCUT2D eigenvalue weighted by Crippen LogP contribution is 2.34. The van der Waals surface area contributed by atoms with E-state index in [1.54, 1.807) is 30.8 Å². The van der Waals surface area contributed by atoms with Gasteiger partial charge in [-0.3, -0.25) is 4.79 Å². The topological polar surface area (TPSA) is 32.3 Å². The van der Waals surface area contributed by atoms with E-state index in [9.17, 15) is 4.79 Å². The highest BCUT2D eigenvalue weighted by molar-refractivity contribution is 7.99. The van der Waals surface area contributed by atoms with Crippen LogP contribution in [0.4, 0.5) is 0 Å². The van der Waals surface area contributed by atoms with Gasteiger partial charge >= 0.3 is 0 Å². The fourth-order valence-corrected chi connectivity index (χ4v) is 3.93. The number of fused-ring (bicyclic) bond motifs is 1. The van der Waals surface area contributed by atoms with Crippen molar-refractivity contribution in [1.82, 2.24) is 10.2 Å². The van der Waals surface area contributed by atoms with Gasteiger partial charge in [-0.2, -0.15) is 0 Å². The minimum absolute atomic E-state index is 0. The molecule has 1 aliphatic heterocycles. The zero-order valence-electron chi connectivity index (χ0n) is 13.2. The van der Waals surface area contributed by atoms with Crippen LogP contribution in [0.15, 0.2) is 17.0 Å². The molecule has 3 nitrogen and oxygen atoms in total. The number of benzene rings is 1. The second-order valence-electron chi connectivity index (χ2n) is 5.50. The summed E-state index contributed by atoms with van der Waals surface area (Å²) in [6.45, 7) is 2.05. The Labute approximate surface area is 148 Å². The molecule has 0 bridgehead atoms. The van der Waals surface area contributed by atoms with Gasteiger partial charge in [-0.1, -0.05) is 17.7 Å². The van der Waals surface area contributed by atoms with E-state index in [0.29, 0.717) is 6.42 Å². The molecule has 124 valence electrons. The largest absolute Gasteiger partial charge is 0.349 e. The number of nitrogens with one attached hydrogen (secondary N) is 1. The van der Waals surface area contributed by atoms with Crippen molar-refractivity contribution in [3.8, 4) is 0 Å². The van der Waals surface area contributed by atoms with Crippen LogP contribution in [0.1, 0.15) is 24.0 Å². The number of nitrogens with zero attached hydrogens (tertiary/aromatic N) is 1. The molecule has 0 saturated heterocycles. The lowest BCUT2D eigenvalue weighted by Gasteiger charge is -2.14. The lowest BCUT2D eigenvalue weighted by Crippen LogP contribution is -2.21. The number of carbonyl (C=O) groups is 1. The molecule has 0 saturated carbocycles. The summed E-state index contributed by atoms with van der Waals surface area (Å²) >= 11 is 8.18. The van der Waals surface area contributed by atoms with Gasteiger partial charge < -0.3 is 10.2 Å². The van der Waals surface area contributed by atoms with Gasteiger partial charge in [0.1, 0.15) is 0 Å². The Morgan fingerprint density at radius 2 is 2.05 bits per heavy atom. The maximum Gasteiger partial charge on any atom is 0.222 e. The first-order valence-corrected chi connectivity index (χ1v) is 8.80. The summed E-state index contributed by atoms with van der Waals surface area (Å²) in [7, 11) is 3.60. The molecule has 0 spiro atoms. The fourth-order valence-electron chi connectivity index (χ4n) is 2.49. The highest BCUT2D eigenvalue weighted by atomic mass is 35.5. The van der Waals surface area contributed by atoms with Crippen LogP contribution in [0.3, 0.4) is 0 Å². The summed E-state index contributed by atoms with van der Waals surface area (Å²) in [6, 6.07) is 4.17. The third-order valence-corrected chi connectivity index (χ3v) is 5.39. The molecule has 0 unspecified atom stereocenters. The van der Waals surface area contributed by atoms with Crippen LogP contribution >= 0.6 is 35.8 Å². The lowest BCUT2D eigenvalue weighted by molar-refractivity contribution is -0.128. The molecule has 1 aromatic rings. The molecule has 1 amide bonds. The summed E-state index contributed by atoms with van der Waals surface area (Å²) in [4.78, 5) is 14.4. The molecule has 1 aliphatic rings. The SMILES string of the molecule is CN(C)C(=O)CCCSc1c(Cl)ccc2c1CCNCC2.Cl. The molecule has 1 aromatic carbocycles. The van der Waals surface area contributed by atoms with Gasteiger partial charge in [0.15, 0.2) is 0 Å². The minimum Gasteiger partial charge on any atom is -0.349 e. The predicted octanol–water partition coefficient (Wildman–Crippen LogP) is 3.41. The van der Waals surface area contributed by atoms with Crippen molar-refractivity contribution in [2.45, 2.75) is 30.6 Å². The minimum atomic E-state index is 0. The van der Waals surface area contributed by atoms with Crippen LogP contribution < -0.4 is 5.32 Å². The van der Waals surface area contributed by atoms with Crippen molar-refractivity contribution >= 4 is 41.7 Å². The van der Waals surface area contributed by atoms with Gasteiger partial charge in [0, 0.05) is 25.4 Å². The Bertz CT molecular complexity index is 509. The first kappa shape index (κ1) is 19.6. The van der Waals surface area contributed by atoms with Crippen molar-refractivity contribution in [3.63, 3.8) is 0 Å². The van der Waals surface area contributed by atoms with E-state index in [4.69, 9.17) is 11.6 Å². The quantitative estimate of drug-likeness (QED) is 0.643. The number of rotatable bonds is 5. The molecular formula is C16H24Cl2N2OS. The highest BCUT2D eigenvalue weighted by Gasteiger charge is 2.15. The smallest absolute Gasteiger partial charge is 0.222 e. The van der Waals surface area contributed by atoms with Crippen LogP contribution in [-0.2, 0) is 17.6 Å². The Hall–Kier alpha value is -0.420. The number of hydrogen-bond acceptors (Lipinski definition) is 3. The molecule has 2 rings (SSSR count). The molecule has 6 heteroatoms. The van der Waals surface area contributed by atoms with E-state index in [1.165, 1.54) is 16.0 Å². The maximum atomic E-state index is 11.6. The molecular weight excluding hydrogens is 339 g/mol. The van der Waals surface area contributed by atoms with E-state index < -0.39 is 0 Å². The molecule has 1 heterocycles. The van der Waals surface area contributed by atoms with E-state index in [0.717, 1.165) is 43.1 Å². The number of hydrogen-bond donors (Lipinski definition) is 1. The number of amides is 1. The van der Waals surface area contributed by atoms with Gasteiger partial charge in [0.2, 0.25) is 5.91 Å². The second kappa shape index (κ2) is 9.66. The Morgan fingerprint density at radius 3 is 2.77 bits per heavy atom. The fraction of sp³-hybridized carbons (Fsp3) is 0.562. The third-order valence-electron chi connectivity index (χ3n) is 3.71. The van der Waals surface area contributed by atoms with E-state index in [-0.39, 0.29) is 18.3 Å². The van der Waals surface area contributed by atoms with E-state index in [2.05, 4.69) is 11.4 Å². The predicted molar refractivity (Wildman–Crippen MR) is 97.6 cm³/mol. The zero-order chi connectivity index (χ0) is 15.2. The first-order chi connectivity index (χ1) is 10.1. The van der Waals surface area contributed by atoms with Gasteiger partial charge in [-0.05, 0) is 55.3 Å². The number of carbonyl (C=O) groups excluding carboxylic acids is 1. The Kier molecular flexibility index (Phi) is 8.62. The van der Waals surface area contributed by atoms with Gasteiger partial charge in [0.05, 0.1) is 5.02 Å². The molecule has 0 radical (unpaired) electrons. The lowest BCUT2D eigenvalue weighted by atomic mass is 10.0. The van der Waals surface area contributed by atoms with Gasteiger partial charge in [-0.25, -0.2) is 0 Å². The normalized spacial score (nSPS) is 13.8. The monoisotopic (exact) mass is 362 g/mol. The zero-order valence-corrected chi connectivity index (χ0v) is 15.5. The Balaban J connectivity index is 0.00000242. The van der Waals surface area contributed by atoms with Crippen molar-refractivity contribution in [1.29, 1.82) is 0 Å². The van der Waals surface area contributed by atoms with Crippen LogP contribution in [-0.4, -0.2) is 43.7 Å². The van der Waals surface area contributed by atoms with Crippen LogP contribution in [0.25, 0.3) is 0 Å². The van der Waals surface area contributed by atoms with Crippen molar-refractivity contribution < 1.29 is 4.79 Å². The molecule has 22 heavy (non-hydrogen) atoms. The standard InChI is InChI=1S/C16H23ClN2OS.ClH/c1-19(2)15(20)4-3-11-21-16-13-8-10-18-9-7-12(13)5-6-14(16)17;/h5-6,18H,3-4,7-11H2,1-2H3;1H. The summed E-state index contributed by atoms with van der Waals surface area (Å²) in [5.74, 6) is 1.13. The first-order valence-electron chi connectivity index (χ1n) is 7.43. The van der Waals surface area contributed by atoms with E-state index in [1.807, 2.05) is 6.07 Å². The van der Waals surface area contributed by atoms with Crippen LogP contribution in [0, 0.1) is 0 Å². The Morgan fingerprint density at radius 1 is 1.32 bits per heavy atom. The summed E-state index contributed by atoms with van der Waals surface area (Å²) in [5, 5.41) is 4.28. The third kappa shape index (κ3) is 5.34. The van der Waals surface area contributed by atoms with Crippen molar-refractivity contribution in [2.24, 2.45) is 0 Å². The van der Waals surface area contributed by atoms with E-state index >= 15 is 0 Å². The molecule has 0 aromatic heterocycles. The molecule has 1 N–H and O–H groups in total. The summed E-state index contributed by atoms with van der Waals surface area (Å²) in [5.41, 5.74) is 2.81. The van der Waals surface area contributed by atoms with Crippen LogP contribution in [0.5, 0.6) is 0 Å².